The number of hydrogen-bond donors (Lipinski definition) is 1. The van der Waals surface area contributed by atoms with Crippen LogP contribution in [0.5, 0.6) is 0 Å². The fraction of sp³-hybridized carbons (Fsp3) is 0.357. The molecule has 0 aliphatic rings. The summed E-state index contributed by atoms with van der Waals surface area (Å²) in [5.41, 5.74) is 1.92. The fourth-order valence-electron chi connectivity index (χ4n) is 1.98. The van der Waals surface area contributed by atoms with Crippen molar-refractivity contribution in [1.82, 2.24) is 15.1 Å². The molecular weight excluding hydrogens is 310 g/mol. The van der Waals surface area contributed by atoms with Crippen LogP contribution in [0.1, 0.15) is 18.1 Å². The van der Waals surface area contributed by atoms with Crippen molar-refractivity contribution in [2.24, 2.45) is 7.05 Å². The van der Waals surface area contributed by atoms with E-state index >= 15 is 0 Å². The summed E-state index contributed by atoms with van der Waals surface area (Å²) in [5, 5.41) is 7.77. The van der Waals surface area contributed by atoms with Crippen LogP contribution in [-0.4, -0.2) is 24.0 Å². The maximum atomic E-state index is 11.9. The zero-order valence-electron chi connectivity index (χ0n) is 12.0. The van der Waals surface area contributed by atoms with E-state index < -0.39 is 9.84 Å². The maximum absolute atomic E-state index is 11.9. The van der Waals surface area contributed by atoms with Crippen LogP contribution < -0.4 is 5.32 Å². The van der Waals surface area contributed by atoms with E-state index in [0.29, 0.717) is 18.1 Å². The molecule has 0 saturated carbocycles. The lowest BCUT2D eigenvalue weighted by Gasteiger charge is -2.08. The summed E-state index contributed by atoms with van der Waals surface area (Å²) >= 11 is 6.01. The summed E-state index contributed by atoms with van der Waals surface area (Å²) in [6, 6.07) is 4.93. The van der Waals surface area contributed by atoms with Gasteiger partial charge in [0.2, 0.25) is 0 Å². The van der Waals surface area contributed by atoms with Gasteiger partial charge in [-0.05, 0) is 23.8 Å². The highest BCUT2D eigenvalue weighted by Crippen LogP contribution is 2.20. The molecule has 1 aromatic carbocycles. The fourth-order valence-corrected chi connectivity index (χ4v) is 3.28. The van der Waals surface area contributed by atoms with E-state index in [1.807, 2.05) is 13.2 Å². The van der Waals surface area contributed by atoms with Gasteiger partial charge >= 0.3 is 0 Å². The Morgan fingerprint density at radius 3 is 2.57 bits per heavy atom. The van der Waals surface area contributed by atoms with Crippen LogP contribution in [0.25, 0.3) is 0 Å². The highest BCUT2D eigenvalue weighted by Gasteiger charge is 2.13. The molecule has 0 unspecified atom stereocenters. The molecule has 114 valence electrons. The van der Waals surface area contributed by atoms with Crippen LogP contribution >= 0.6 is 11.6 Å². The molecule has 7 heteroatoms. The van der Waals surface area contributed by atoms with Gasteiger partial charge in [-0.1, -0.05) is 18.5 Å². The van der Waals surface area contributed by atoms with Crippen molar-refractivity contribution in [3.8, 4) is 0 Å². The Hall–Kier alpha value is -1.37. The van der Waals surface area contributed by atoms with Crippen molar-refractivity contribution in [1.29, 1.82) is 0 Å². The van der Waals surface area contributed by atoms with E-state index in [1.54, 1.807) is 29.9 Å². The third-order valence-corrected chi connectivity index (χ3v) is 5.02. The number of benzene rings is 1. The first-order valence-corrected chi connectivity index (χ1v) is 8.64. The average Bonchev–Trinajstić information content (AvgIpc) is 2.84. The van der Waals surface area contributed by atoms with Crippen LogP contribution in [0.3, 0.4) is 0 Å². The Morgan fingerprint density at radius 2 is 1.95 bits per heavy atom. The minimum atomic E-state index is -3.24. The molecule has 0 saturated heterocycles. The third-order valence-electron chi connectivity index (χ3n) is 3.09. The molecule has 0 atom stereocenters. The summed E-state index contributed by atoms with van der Waals surface area (Å²) in [6.45, 7) is 2.83. The first-order valence-electron chi connectivity index (χ1n) is 6.61. The number of aromatic nitrogens is 2. The SMILES string of the molecule is CCS(=O)(=O)c1cc(Cl)cc(CNCc2cnn(C)c2)c1. The number of hydrogen-bond acceptors (Lipinski definition) is 4. The van der Waals surface area contributed by atoms with Crippen LogP contribution in [0, 0.1) is 0 Å². The second-order valence-electron chi connectivity index (χ2n) is 4.82. The van der Waals surface area contributed by atoms with Gasteiger partial charge in [0.1, 0.15) is 0 Å². The number of nitrogens with one attached hydrogen (secondary N) is 1. The van der Waals surface area contributed by atoms with E-state index in [0.717, 1.165) is 11.1 Å². The molecule has 0 spiro atoms. The molecule has 1 N–H and O–H groups in total. The monoisotopic (exact) mass is 327 g/mol. The minimum absolute atomic E-state index is 0.0654. The zero-order valence-corrected chi connectivity index (χ0v) is 13.6. The van der Waals surface area contributed by atoms with Gasteiger partial charge in [-0.3, -0.25) is 4.68 Å². The smallest absolute Gasteiger partial charge is 0.178 e. The van der Waals surface area contributed by atoms with Gasteiger partial charge in [0, 0.05) is 36.9 Å². The van der Waals surface area contributed by atoms with Crippen molar-refractivity contribution < 1.29 is 8.42 Å². The van der Waals surface area contributed by atoms with Crippen molar-refractivity contribution in [2.45, 2.75) is 24.9 Å². The second kappa shape index (κ2) is 6.60. The topological polar surface area (TPSA) is 64.0 Å². The van der Waals surface area contributed by atoms with Gasteiger partial charge in [0.15, 0.2) is 9.84 Å². The van der Waals surface area contributed by atoms with Crippen LogP contribution in [0.4, 0.5) is 0 Å². The van der Waals surface area contributed by atoms with Crippen molar-refractivity contribution in [3.63, 3.8) is 0 Å². The lowest BCUT2D eigenvalue weighted by atomic mass is 10.2. The molecule has 21 heavy (non-hydrogen) atoms. The lowest BCUT2D eigenvalue weighted by Crippen LogP contribution is -2.13. The van der Waals surface area contributed by atoms with Gasteiger partial charge in [-0.15, -0.1) is 0 Å². The summed E-state index contributed by atoms with van der Waals surface area (Å²) in [4.78, 5) is 0.274. The highest BCUT2D eigenvalue weighted by molar-refractivity contribution is 7.91. The molecular formula is C14H18ClN3O2S. The van der Waals surface area contributed by atoms with E-state index in [9.17, 15) is 8.42 Å². The number of rotatable bonds is 6. The molecule has 2 aromatic rings. The van der Waals surface area contributed by atoms with E-state index in [1.165, 1.54) is 6.07 Å². The molecule has 5 nitrogen and oxygen atoms in total. The number of nitrogens with zero attached hydrogens (tertiary/aromatic N) is 2. The van der Waals surface area contributed by atoms with Gasteiger partial charge in [0.25, 0.3) is 0 Å². The van der Waals surface area contributed by atoms with Crippen LogP contribution in [0.15, 0.2) is 35.5 Å². The van der Waals surface area contributed by atoms with Crippen molar-refractivity contribution >= 4 is 21.4 Å². The molecule has 0 aliphatic carbocycles. The summed E-state index contributed by atoms with van der Waals surface area (Å²) in [5.74, 6) is 0.0654. The van der Waals surface area contributed by atoms with Gasteiger partial charge in [-0.2, -0.15) is 5.10 Å². The molecule has 0 amide bonds. The summed E-state index contributed by atoms with van der Waals surface area (Å²) < 4.78 is 25.6. The van der Waals surface area contributed by atoms with Crippen molar-refractivity contribution in [2.75, 3.05) is 5.75 Å². The Morgan fingerprint density at radius 1 is 1.24 bits per heavy atom. The maximum Gasteiger partial charge on any atom is 0.178 e. The second-order valence-corrected chi connectivity index (χ2v) is 7.54. The average molecular weight is 328 g/mol. The first kappa shape index (κ1) is 16.0. The van der Waals surface area contributed by atoms with Crippen LogP contribution in [-0.2, 0) is 30.0 Å². The lowest BCUT2D eigenvalue weighted by molar-refractivity contribution is 0.597. The molecule has 1 aromatic heterocycles. The predicted octanol–water partition coefficient (Wildman–Crippen LogP) is 2.16. The Labute approximate surface area is 129 Å². The number of sulfone groups is 1. The Bertz CT molecular complexity index is 726. The molecule has 0 radical (unpaired) electrons. The van der Waals surface area contributed by atoms with E-state index in [2.05, 4.69) is 10.4 Å². The summed E-state index contributed by atoms with van der Waals surface area (Å²) in [7, 11) is -1.38. The van der Waals surface area contributed by atoms with E-state index in [4.69, 9.17) is 11.6 Å². The molecule has 2 rings (SSSR count). The zero-order chi connectivity index (χ0) is 15.5. The third kappa shape index (κ3) is 4.30. The highest BCUT2D eigenvalue weighted by atomic mass is 35.5. The molecule has 0 aliphatic heterocycles. The number of halogens is 1. The van der Waals surface area contributed by atoms with Crippen molar-refractivity contribution in [3.05, 3.63) is 46.7 Å². The number of aryl methyl sites for hydroxylation is 1. The standard InChI is InChI=1S/C14H18ClN3O2S/c1-3-21(19,20)14-5-11(4-13(15)6-14)7-16-8-12-9-17-18(2)10-12/h4-6,9-10,16H,3,7-8H2,1-2H3. The normalized spacial score (nSPS) is 11.8. The van der Waals surface area contributed by atoms with Gasteiger partial charge in [-0.25, -0.2) is 8.42 Å². The van der Waals surface area contributed by atoms with Gasteiger partial charge in [0.05, 0.1) is 16.8 Å². The predicted molar refractivity (Wildman–Crippen MR) is 82.9 cm³/mol. The molecule has 0 bridgehead atoms. The quantitative estimate of drug-likeness (QED) is 0.883. The van der Waals surface area contributed by atoms with Crippen LogP contribution in [0.2, 0.25) is 5.02 Å². The summed E-state index contributed by atoms with van der Waals surface area (Å²) in [6.07, 6.45) is 3.72. The first-order chi connectivity index (χ1) is 9.90. The Kier molecular flexibility index (Phi) is 5.03. The molecule has 1 heterocycles. The Balaban J connectivity index is 2.06. The minimum Gasteiger partial charge on any atom is -0.309 e. The van der Waals surface area contributed by atoms with Gasteiger partial charge < -0.3 is 5.32 Å². The van der Waals surface area contributed by atoms with E-state index in [-0.39, 0.29) is 10.6 Å². The molecule has 0 fully saturated rings. The largest absolute Gasteiger partial charge is 0.309 e.